The van der Waals surface area contributed by atoms with Crippen LogP contribution in [0.5, 0.6) is 0 Å². The minimum absolute atomic E-state index is 0.375. The molecule has 6 aromatic rings. The number of hydrogen-bond acceptors (Lipinski definition) is 5. The third-order valence-corrected chi connectivity index (χ3v) is 10.4. The maximum Gasteiger partial charge on any atom is 0.169 e. The van der Waals surface area contributed by atoms with Crippen LogP contribution in [0.25, 0.3) is 50.1 Å². The number of aliphatic imine (C=N–C) groups is 2. The zero-order valence-corrected chi connectivity index (χ0v) is 27.7. The highest BCUT2D eigenvalue weighted by molar-refractivity contribution is 6.19. The summed E-state index contributed by atoms with van der Waals surface area (Å²) in [5, 5.41) is 7.10. The molecule has 0 radical (unpaired) electrons. The van der Waals surface area contributed by atoms with Crippen molar-refractivity contribution in [2.45, 2.75) is 44.7 Å². The van der Waals surface area contributed by atoms with Gasteiger partial charge >= 0.3 is 0 Å². The fourth-order valence-corrected chi connectivity index (χ4v) is 7.82. The predicted octanol–water partition coefficient (Wildman–Crippen LogP) is 11.3. The van der Waals surface area contributed by atoms with Crippen molar-refractivity contribution in [1.29, 1.82) is 0 Å². The molecule has 5 nitrogen and oxygen atoms in total. The molecule has 2 aromatic heterocycles. The summed E-state index contributed by atoms with van der Waals surface area (Å²) in [6, 6.07) is 29.9. The lowest BCUT2D eigenvalue weighted by Crippen LogP contribution is -2.36. The van der Waals surface area contributed by atoms with Gasteiger partial charge in [-0.2, -0.15) is 0 Å². The van der Waals surface area contributed by atoms with Crippen LogP contribution in [-0.4, -0.2) is 11.7 Å². The Kier molecular flexibility index (Phi) is 6.90. The van der Waals surface area contributed by atoms with E-state index in [-0.39, 0.29) is 6.17 Å². The van der Waals surface area contributed by atoms with Gasteiger partial charge in [-0.05, 0) is 102 Å². The minimum atomic E-state index is -0.375. The molecule has 1 unspecified atom stereocenters. The second kappa shape index (κ2) is 11.9. The number of allylic oxidation sites excluding steroid dienone is 8. The van der Waals surface area contributed by atoms with E-state index in [2.05, 4.69) is 121 Å². The molecule has 1 atom stereocenters. The first-order valence-electron chi connectivity index (χ1n) is 17.7. The zero-order chi connectivity index (χ0) is 33.0. The van der Waals surface area contributed by atoms with Crippen molar-refractivity contribution in [1.82, 2.24) is 5.32 Å². The Balaban J connectivity index is 1.11. The highest BCUT2D eigenvalue weighted by atomic mass is 16.3. The Hall–Kier alpha value is -5.94. The van der Waals surface area contributed by atoms with Crippen LogP contribution in [-0.2, 0) is 6.42 Å². The average Bonchev–Trinajstić information content (AvgIpc) is 3.76. The molecular formula is C45H35N3O2. The van der Waals surface area contributed by atoms with E-state index in [1.54, 1.807) is 0 Å². The van der Waals surface area contributed by atoms with Crippen LogP contribution >= 0.6 is 0 Å². The molecule has 242 valence electrons. The molecule has 50 heavy (non-hydrogen) atoms. The minimum Gasteiger partial charge on any atom is -0.456 e. The van der Waals surface area contributed by atoms with Crippen molar-refractivity contribution in [2.75, 3.05) is 0 Å². The largest absolute Gasteiger partial charge is 0.456 e. The summed E-state index contributed by atoms with van der Waals surface area (Å²) in [5.41, 5.74) is 12.1. The number of nitrogens with zero attached hydrogens (tertiary/aromatic N) is 2. The molecule has 0 saturated heterocycles. The molecule has 1 N–H and O–H groups in total. The van der Waals surface area contributed by atoms with Crippen LogP contribution in [0.1, 0.15) is 71.8 Å². The number of fused-ring (bicyclic) bond motifs is 6. The van der Waals surface area contributed by atoms with Crippen LogP contribution in [0.3, 0.4) is 0 Å². The van der Waals surface area contributed by atoms with E-state index in [4.69, 9.17) is 18.8 Å². The maximum absolute atomic E-state index is 6.56. The number of amidine groups is 2. The van der Waals surface area contributed by atoms with Crippen molar-refractivity contribution in [2.24, 2.45) is 9.98 Å². The number of rotatable bonds is 5. The second-order valence-corrected chi connectivity index (χ2v) is 13.5. The summed E-state index contributed by atoms with van der Waals surface area (Å²) in [6.45, 7) is 0. The van der Waals surface area contributed by atoms with Gasteiger partial charge in [0.2, 0.25) is 0 Å². The molecule has 10 rings (SSSR count). The summed E-state index contributed by atoms with van der Waals surface area (Å²) in [5.74, 6) is 2.62. The van der Waals surface area contributed by atoms with Gasteiger partial charge in [0, 0.05) is 27.3 Å². The molecule has 0 spiro atoms. The third-order valence-electron chi connectivity index (χ3n) is 10.4. The van der Waals surface area contributed by atoms with Crippen LogP contribution in [0.4, 0.5) is 0 Å². The van der Waals surface area contributed by atoms with E-state index in [0.717, 1.165) is 100 Å². The highest BCUT2D eigenvalue weighted by Gasteiger charge is 2.26. The number of hydrogen-bond donors (Lipinski definition) is 1. The lowest BCUT2D eigenvalue weighted by atomic mass is 9.88. The SMILES string of the molecule is C1=CCCC(C2=NC(c3ccc(C4=CCCC=C4)cc3)N=C(c3cc(C4=Cc5oc6ccccc6c5CC4)c4c(c3)oc3ccccc34)N2)=C1. The van der Waals surface area contributed by atoms with Gasteiger partial charge in [-0.15, -0.1) is 0 Å². The lowest BCUT2D eigenvalue weighted by Gasteiger charge is -2.25. The fraction of sp³-hybridized carbons (Fsp3) is 0.156. The van der Waals surface area contributed by atoms with Crippen molar-refractivity contribution < 1.29 is 8.83 Å². The summed E-state index contributed by atoms with van der Waals surface area (Å²) in [7, 11) is 0. The Morgan fingerprint density at radius 1 is 0.660 bits per heavy atom. The predicted molar refractivity (Wildman–Crippen MR) is 205 cm³/mol. The zero-order valence-electron chi connectivity index (χ0n) is 27.7. The van der Waals surface area contributed by atoms with Gasteiger partial charge < -0.3 is 14.2 Å². The molecule has 0 bridgehead atoms. The van der Waals surface area contributed by atoms with E-state index >= 15 is 0 Å². The summed E-state index contributed by atoms with van der Waals surface area (Å²) >= 11 is 0. The number of nitrogens with one attached hydrogen (secondary N) is 1. The number of aryl methyl sites for hydroxylation is 1. The molecule has 0 amide bonds. The van der Waals surface area contributed by atoms with Gasteiger partial charge in [0.1, 0.15) is 34.2 Å². The first kappa shape index (κ1) is 29.0. The van der Waals surface area contributed by atoms with Crippen LogP contribution in [0.15, 0.2) is 146 Å². The number of para-hydroxylation sites is 2. The van der Waals surface area contributed by atoms with E-state index in [1.807, 2.05) is 12.1 Å². The van der Waals surface area contributed by atoms with Crippen LogP contribution < -0.4 is 5.32 Å². The summed E-state index contributed by atoms with van der Waals surface area (Å²) in [6.07, 6.45) is 21.1. The summed E-state index contributed by atoms with van der Waals surface area (Å²) in [4.78, 5) is 10.5. The van der Waals surface area contributed by atoms with E-state index in [0.29, 0.717) is 0 Å². The molecule has 0 fully saturated rings. The third kappa shape index (κ3) is 5.00. The molecule has 1 aliphatic heterocycles. The van der Waals surface area contributed by atoms with Crippen molar-refractivity contribution in [3.8, 4) is 0 Å². The van der Waals surface area contributed by atoms with Crippen molar-refractivity contribution >= 4 is 61.8 Å². The van der Waals surface area contributed by atoms with Crippen LogP contribution in [0.2, 0.25) is 0 Å². The first-order chi connectivity index (χ1) is 24.7. The fourth-order valence-electron chi connectivity index (χ4n) is 7.82. The quantitative estimate of drug-likeness (QED) is 0.202. The second-order valence-electron chi connectivity index (χ2n) is 13.5. The molecule has 0 saturated carbocycles. The van der Waals surface area contributed by atoms with Gasteiger partial charge in [-0.25, -0.2) is 9.98 Å². The standard InChI is InChI=1S/C45H35N3O2/c1-3-11-28(12-4-1)29-19-21-31(22-20-29)44-46-43(30-13-5-2-6-14-30)47-45(48-44)33-25-37(42-36-16-8-10-18-39(36)50-41(42)27-33)32-23-24-35-34-15-7-9-17-38(34)49-40(35)26-32/h2-3,5,7-13,15-22,25-27,44H,1,4,6,14,23-24H2,(H,46,47,48). The highest BCUT2D eigenvalue weighted by Crippen LogP contribution is 2.42. The van der Waals surface area contributed by atoms with Gasteiger partial charge in [-0.3, -0.25) is 0 Å². The van der Waals surface area contributed by atoms with E-state index in [9.17, 15) is 0 Å². The summed E-state index contributed by atoms with van der Waals surface area (Å²) < 4.78 is 13.0. The lowest BCUT2D eigenvalue weighted by molar-refractivity contribution is 0.596. The average molecular weight is 650 g/mol. The first-order valence-corrected chi connectivity index (χ1v) is 17.7. The van der Waals surface area contributed by atoms with Gasteiger partial charge in [0.25, 0.3) is 0 Å². The van der Waals surface area contributed by atoms with E-state index in [1.165, 1.54) is 33.2 Å². The number of furan rings is 2. The Morgan fingerprint density at radius 3 is 2.30 bits per heavy atom. The Bertz CT molecular complexity index is 2560. The maximum atomic E-state index is 6.56. The Morgan fingerprint density at radius 2 is 1.48 bits per heavy atom. The monoisotopic (exact) mass is 649 g/mol. The number of benzene rings is 4. The molecule has 5 heteroatoms. The molecule has 4 aromatic carbocycles. The smallest absolute Gasteiger partial charge is 0.169 e. The van der Waals surface area contributed by atoms with E-state index < -0.39 is 0 Å². The van der Waals surface area contributed by atoms with Gasteiger partial charge in [0.15, 0.2) is 6.17 Å². The molecule has 3 aliphatic carbocycles. The van der Waals surface area contributed by atoms with Gasteiger partial charge in [-0.1, -0.05) is 97.1 Å². The van der Waals surface area contributed by atoms with Crippen LogP contribution in [0, 0.1) is 0 Å². The normalized spacial score (nSPS) is 18.7. The molecule has 4 aliphatic rings. The van der Waals surface area contributed by atoms with Crippen molar-refractivity contribution in [3.05, 3.63) is 161 Å². The van der Waals surface area contributed by atoms with Crippen molar-refractivity contribution in [3.63, 3.8) is 0 Å². The Labute approximate surface area is 290 Å². The molecular weight excluding hydrogens is 615 g/mol. The molecule has 3 heterocycles. The van der Waals surface area contributed by atoms with Gasteiger partial charge in [0.05, 0.1) is 0 Å². The topological polar surface area (TPSA) is 63.0 Å².